The van der Waals surface area contributed by atoms with Gasteiger partial charge in [0.15, 0.2) is 12.4 Å². The van der Waals surface area contributed by atoms with Gasteiger partial charge in [-0.1, -0.05) is 25.1 Å². The summed E-state index contributed by atoms with van der Waals surface area (Å²) in [5, 5.41) is 5.20. The van der Waals surface area contributed by atoms with Crippen molar-refractivity contribution in [3.8, 4) is 11.5 Å². The number of aromatic nitrogens is 1. The van der Waals surface area contributed by atoms with E-state index < -0.39 is 24.5 Å². The lowest BCUT2D eigenvalue weighted by atomic mass is 10.1. The fourth-order valence-corrected chi connectivity index (χ4v) is 2.70. The van der Waals surface area contributed by atoms with Gasteiger partial charge in [-0.05, 0) is 37.6 Å². The molecule has 2 N–H and O–H groups in total. The number of rotatable bonds is 6. The van der Waals surface area contributed by atoms with Crippen molar-refractivity contribution in [2.45, 2.75) is 20.3 Å². The molecular formula is C21H21N3O5. The van der Waals surface area contributed by atoms with E-state index in [0.29, 0.717) is 28.9 Å². The number of para-hydroxylation sites is 1. The summed E-state index contributed by atoms with van der Waals surface area (Å²) < 4.78 is 10.7. The molecule has 3 rings (SSSR count). The number of aryl methyl sites for hydroxylation is 1. The standard InChI is InChI=1S/C21H21N3O5/c1-3-10-22-21(27)24-19(25)12-28-20(26)15-11-17(18-9-8-13(2)29-18)23-16-7-5-4-6-14(15)16/h4-9,11H,3,10,12H2,1-2H3,(H2,22,24,25,27). The van der Waals surface area contributed by atoms with Crippen LogP contribution in [0.1, 0.15) is 29.5 Å². The molecule has 0 radical (unpaired) electrons. The number of fused-ring (bicyclic) bond motifs is 1. The maximum atomic E-state index is 12.6. The second-order valence-electron chi connectivity index (χ2n) is 6.36. The number of esters is 1. The zero-order chi connectivity index (χ0) is 20.8. The van der Waals surface area contributed by atoms with Crippen molar-refractivity contribution in [1.82, 2.24) is 15.6 Å². The highest BCUT2D eigenvalue weighted by Gasteiger charge is 2.18. The lowest BCUT2D eigenvalue weighted by molar-refractivity contribution is -0.123. The first-order chi connectivity index (χ1) is 14.0. The normalized spacial score (nSPS) is 10.6. The summed E-state index contributed by atoms with van der Waals surface area (Å²) in [4.78, 5) is 40.5. The van der Waals surface area contributed by atoms with Gasteiger partial charge in [0, 0.05) is 11.9 Å². The second-order valence-corrected chi connectivity index (χ2v) is 6.36. The van der Waals surface area contributed by atoms with Crippen LogP contribution >= 0.6 is 0 Å². The Labute approximate surface area is 167 Å². The van der Waals surface area contributed by atoms with Crippen molar-refractivity contribution < 1.29 is 23.5 Å². The monoisotopic (exact) mass is 395 g/mol. The van der Waals surface area contributed by atoms with Gasteiger partial charge in [-0.15, -0.1) is 0 Å². The highest BCUT2D eigenvalue weighted by atomic mass is 16.5. The summed E-state index contributed by atoms with van der Waals surface area (Å²) in [5.74, 6) is -0.172. The SMILES string of the molecule is CCCNC(=O)NC(=O)COC(=O)c1cc(-c2ccc(C)o2)nc2ccccc12. The minimum Gasteiger partial charge on any atom is -0.460 e. The highest BCUT2D eigenvalue weighted by Crippen LogP contribution is 2.26. The number of amides is 3. The molecule has 150 valence electrons. The number of carbonyl (C=O) groups is 3. The number of benzene rings is 1. The Morgan fingerprint density at radius 1 is 1.14 bits per heavy atom. The third-order valence-corrected chi connectivity index (χ3v) is 4.05. The Bertz CT molecular complexity index is 1060. The van der Waals surface area contributed by atoms with E-state index in [1.807, 2.05) is 19.9 Å². The van der Waals surface area contributed by atoms with E-state index in [-0.39, 0.29) is 5.56 Å². The third-order valence-electron chi connectivity index (χ3n) is 4.05. The van der Waals surface area contributed by atoms with Crippen molar-refractivity contribution in [3.63, 3.8) is 0 Å². The number of furan rings is 1. The highest BCUT2D eigenvalue weighted by molar-refractivity contribution is 6.05. The van der Waals surface area contributed by atoms with Crippen LogP contribution in [0.15, 0.2) is 46.9 Å². The van der Waals surface area contributed by atoms with Crippen LogP contribution in [0.3, 0.4) is 0 Å². The summed E-state index contributed by atoms with van der Waals surface area (Å²) in [5.41, 5.74) is 1.32. The Hall–Kier alpha value is -3.68. The smallest absolute Gasteiger partial charge is 0.339 e. The number of imide groups is 1. The van der Waals surface area contributed by atoms with Crippen LogP contribution in [0, 0.1) is 6.92 Å². The molecule has 0 aliphatic heterocycles. The molecule has 1 aromatic carbocycles. The predicted octanol–water partition coefficient (Wildman–Crippen LogP) is 3.20. The van der Waals surface area contributed by atoms with Gasteiger partial charge < -0.3 is 14.5 Å². The zero-order valence-electron chi connectivity index (χ0n) is 16.2. The maximum Gasteiger partial charge on any atom is 0.339 e. The van der Waals surface area contributed by atoms with Crippen molar-refractivity contribution in [2.24, 2.45) is 0 Å². The minimum atomic E-state index is -0.716. The van der Waals surface area contributed by atoms with E-state index in [1.54, 1.807) is 36.4 Å². The van der Waals surface area contributed by atoms with E-state index in [2.05, 4.69) is 15.6 Å². The van der Waals surface area contributed by atoms with Gasteiger partial charge in [0.2, 0.25) is 0 Å². The topological polar surface area (TPSA) is 111 Å². The van der Waals surface area contributed by atoms with Gasteiger partial charge in [0.05, 0.1) is 11.1 Å². The van der Waals surface area contributed by atoms with Crippen LogP contribution in [0.5, 0.6) is 0 Å². The average Bonchev–Trinajstić information content (AvgIpc) is 3.16. The van der Waals surface area contributed by atoms with E-state index in [4.69, 9.17) is 9.15 Å². The number of ether oxygens (including phenoxy) is 1. The molecule has 0 aliphatic rings. The molecule has 8 heteroatoms. The van der Waals surface area contributed by atoms with E-state index in [1.165, 1.54) is 0 Å². The fourth-order valence-electron chi connectivity index (χ4n) is 2.70. The molecule has 0 fully saturated rings. The first-order valence-electron chi connectivity index (χ1n) is 9.19. The number of hydrogen-bond acceptors (Lipinski definition) is 6. The van der Waals surface area contributed by atoms with Gasteiger partial charge in [-0.2, -0.15) is 0 Å². The Balaban J connectivity index is 1.78. The van der Waals surface area contributed by atoms with Gasteiger partial charge in [0.25, 0.3) is 5.91 Å². The first-order valence-corrected chi connectivity index (χ1v) is 9.19. The second kappa shape index (κ2) is 9.01. The third kappa shape index (κ3) is 4.98. The summed E-state index contributed by atoms with van der Waals surface area (Å²) in [6.45, 7) is 3.57. The predicted molar refractivity (Wildman–Crippen MR) is 106 cm³/mol. The largest absolute Gasteiger partial charge is 0.460 e. The van der Waals surface area contributed by atoms with Gasteiger partial charge in [-0.3, -0.25) is 10.1 Å². The Morgan fingerprint density at radius 3 is 2.66 bits per heavy atom. The van der Waals surface area contributed by atoms with Crippen LogP contribution in [0.2, 0.25) is 0 Å². The van der Waals surface area contributed by atoms with Crippen molar-refractivity contribution in [1.29, 1.82) is 0 Å². The quantitative estimate of drug-likeness (QED) is 0.620. The molecule has 0 unspecified atom stereocenters. The molecule has 2 heterocycles. The molecule has 3 aromatic rings. The van der Waals surface area contributed by atoms with E-state index in [0.717, 1.165) is 12.2 Å². The van der Waals surface area contributed by atoms with Crippen LogP contribution in [0.4, 0.5) is 4.79 Å². The summed E-state index contributed by atoms with van der Waals surface area (Å²) in [6, 6.07) is 11.6. The molecule has 3 amide bonds. The number of nitrogens with one attached hydrogen (secondary N) is 2. The molecule has 0 saturated carbocycles. The lowest BCUT2D eigenvalue weighted by Crippen LogP contribution is -2.41. The maximum absolute atomic E-state index is 12.6. The zero-order valence-corrected chi connectivity index (χ0v) is 16.2. The van der Waals surface area contributed by atoms with Gasteiger partial charge in [0.1, 0.15) is 11.5 Å². The number of pyridine rings is 1. The van der Waals surface area contributed by atoms with Crippen LogP contribution < -0.4 is 10.6 Å². The first kappa shape index (κ1) is 20.1. The molecule has 8 nitrogen and oxygen atoms in total. The summed E-state index contributed by atoms with van der Waals surface area (Å²) in [7, 11) is 0. The molecule has 0 spiro atoms. The summed E-state index contributed by atoms with van der Waals surface area (Å²) >= 11 is 0. The van der Waals surface area contributed by atoms with Crippen molar-refractivity contribution >= 4 is 28.8 Å². The average molecular weight is 395 g/mol. The molecule has 2 aromatic heterocycles. The number of nitrogens with zero attached hydrogens (tertiary/aromatic N) is 1. The van der Waals surface area contributed by atoms with E-state index >= 15 is 0 Å². The molecule has 0 saturated heterocycles. The number of hydrogen-bond donors (Lipinski definition) is 2. The van der Waals surface area contributed by atoms with Crippen molar-refractivity contribution in [3.05, 3.63) is 53.8 Å². The molecular weight excluding hydrogens is 374 g/mol. The number of carbonyl (C=O) groups excluding carboxylic acids is 3. The van der Waals surface area contributed by atoms with Gasteiger partial charge >= 0.3 is 12.0 Å². The van der Waals surface area contributed by atoms with Gasteiger partial charge in [-0.25, -0.2) is 14.6 Å². The Kier molecular flexibility index (Phi) is 6.23. The Morgan fingerprint density at radius 2 is 1.93 bits per heavy atom. The fraction of sp³-hybridized carbons (Fsp3) is 0.238. The molecule has 29 heavy (non-hydrogen) atoms. The van der Waals surface area contributed by atoms with Crippen LogP contribution in [0.25, 0.3) is 22.4 Å². The van der Waals surface area contributed by atoms with Crippen LogP contribution in [-0.4, -0.2) is 36.0 Å². The van der Waals surface area contributed by atoms with Crippen molar-refractivity contribution in [2.75, 3.05) is 13.2 Å². The molecule has 0 atom stereocenters. The lowest BCUT2D eigenvalue weighted by Gasteiger charge is -2.09. The minimum absolute atomic E-state index is 0.253. The molecule has 0 aliphatic carbocycles. The molecule has 0 bridgehead atoms. The number of urea groups is 1. The van der Waals surface area contributed by atoms with Crippen LogP contribution in [-0.2, 0) is 9.53 Å². The van der Waals surface area contributed by atoms with E-state index in [9.17, 15) is 14.4 Å². The summed E-state index contributed by atoms with van der Waals surface area (Å²) in [6.07, 6.45) is 0.739.